The van der Waals surface area contributed by atoms with Crippen molar-refractivity contribution in [3.05, 3.63) is 22.6 Å². The molecule has 6 nitrogen and oxygen atoms in total. The van der Waals surface area contributed by atoms with Crippen LogP contribution in [0.1, 0.15) is 28.6 Å². The number of ether oxygens (including phenoxy) is 2. The topological polar surface area (TPSA) is 76.1 Å². The molecule has 0 bridgehead atoms. The lowest BCUT2D eigenvalue weighted by Crippen LogP contribution is -2.34. The molecule has 1 aromatic carbocycles. The first-order valence-corrected chi connectivity index (χ1v) is 7.98. The number of thiophene rings is 1. The monoisotopic (exact) mass is 335 g/mol. The molecule has 2 aromatic rings. The second-order valence-corrected chi connectivity index (χ2v) is 6.55. The van der Waals surface area contributed by atoms with Gasteiger partial charge in [-0.3, -0.25) is 9.59 Å². The summed E-state index contributed by atoms with van der Waals surface area (Å²) in [6, 6.07) is 3.41. The average Bonchev–Trinajstić information content (AvgIpc) is 3.02. The summed E-state index contributed by atoms with van der Waals surface area (Å²) in [6.45, 7) is 2.19. The van der Waals surface area contributed by atoms with Crippen molar-refractivity contribution in [3.63, 3.8) is 0 Å². The van der Waals surface area contributed by atoms with Gasteiger partial charge in [0.2, 0.25) is 0 Å². The molecule has 122 valence electrons. The first-order chi connectivity index (χ1) is 11.0. The van der Waals surface area contributed by atoms with Crippen molar-refractivity contribution in [1.82, 2.24) is 4.90 Å². The number of hydrogen-bond acceptors (Lipinski definition) is 5. The fourth-order valence-electron chi connectivity index (χ4n) is 2.90. The third-order valence-electron chi connectivity index (χ3n) is 4.08. The molecular weight excluding hydrogens is 318 g/mol. The lowest BCUT2D eigenvalue weighted by molar-refractivity contribution is -0.138. The van der Waals surface area contributed by atoms with E-state index in [1.807, 2.05) is 12.1 Å². The number of amides is 1. The highest BCUT2D eigenvalue weighted by molar-refractivity contribution is 7.21. The van der Waals surface area contributed by atoms with E-state index in [1.165, 1.54) is 11.3 Å². The third-order valence-corrected chi connectivity index (χ3v) is 5.27. The van der Waals surface area contributed by atoms with Crippen molar-refractivity contribution in [3.8, 4) is 11.5 Å². The van der Waals surface area contributed by atoms with Crippen LogP contribution >= 0.6 is 11.3 Å². The number of fused-ring (bicyclic) bond motifs is 3. The number of carbonyl (C=O) groups excluding carboxylic acids is 1. The summed E-state index contributed by atoms with van der Waals surface area (Å²) in [4.78, 5) is 25.8. The van der Waals surface area contributed by atoms with E-state index < -0.39 is 5.97 Å². The van der Waals surface area contributed by atoms with Crippen LogP contribution in [0.4, 0.5) is 0 Å². The van der Waals surface area contributed by atoms with Crippen LogP contribution in [0, 0.1) is 0 Å². The fourth-order valence-corrected chi connectivity index (χ4v) is 4.08. The number of carbonyl (C=O) groups is 2. The Morgan fingerprint density at radius 1 is 1.35 bits per heavy atom. The number of methoxy groups -OCH3 is 2. The minimum atomic E-state index is -0.906. The van der Waals surface area contributed by atoms with E-state index in [0.29, 0.717) is 22.9 Å². The standard InChI is InChI=1S/C16H17NO5S/c1-8(4-14(18)19)17-7-10-9-5-11(21-2)12(22-3)6-13(9)23-15(10)16(17)20/h5-6,8H,4,7H2,1-3H3,(H,18,19)/t8-/m0/s1. The number of carboxylic acid groups (broad SMARTS) is 1. The van der Waals surface area contributed by atoms with E-state index in [4.69, 9.17) is 14.6 Å². The molecule has 3 rings (SSSR count). The van der Waals surface area contributed by atoms with Gasteiger partial charge in [-0.2, -0.15) is 0 Å². The molecule has 1 amide bonds. The second-order valence-electron chi connectivity index (χ2n) is 5.49. The highest BCUT2D eigenvalue weighted by Gasteiger charge is 2.35. The Hall–Kier alpha value is -2.28. The van der Waals surface area contributed by atoms with E-state index >= 15 is 0 Å². The molecule has 0 saturated carbocycles. The number of rotatable bonds is 5. The summed E-state index contributed by atoms with van der Waals surface area (Å²) < 4.78 is 11.6. The van der Waals surface area contributed by atoms with Crippen LogP contribution in [0.25, 0.3) is 10.1 Å². The average molecular weight is 335 g/mol. The molecule has 0 aliphatic carbocycles. The largest absolute Gasteiger partial charge is 0.493 e. The van der Waals surface area contributed by atoms with Crippen LogP contribution < -0.4 is 9.47 Å². The van der Waals surface area contributed by atoms with Gasteiger partial charge in [0.05, 0.1) is 25.5 Å². The Kier molecular flexibility index (Phi) is 3.89. The van der Waals surface area contributed by atoms with Gasteiger partial charge in [-0.05, 0) is 13.0 Å². The van der Waals surface area contributed by atoms with Gasteiger partial charge in [0.25, 0.3) is 5.91 Å². The molecule has 1 aromatic heterocycles. The van der Waals surface area contributed by atoms with Gasteiger partial charge in [0.1, 0.15) is 0 Å². The number of hydrogen-bond donors (Lipinski definition) is 1. The summed E-state index contributed by atoms with van der Waals surface area (Å²) in [5.74, 6) is 0.234. The van der Waals surface area contributed by atoms with Gasteiger partial charge >= 0.3 is 5.97 Å². The molecule has 1 atom stereocenters. The molecular formula is C16H17NO5S. The van der Waals surface area contributed by atoms with Crippen molar-refractivity contribution in [2.45, 2.75) is 25.9 Å². The van der Waals surface area contributed by atoms with Gasteiger partial charge in [0.15, 0.2) is 11.5 Å². The quantitative estimate of drug-likeness (QED) is 0.909. The zero-order chi connectivity index (χ0) is 16.7. The molecule has 2 heterocycles. The SMILES string of the molecule is COc1cc2sc3c(c2cc1OC)CN([C@@H](C)CC(=O)O)C3=O. The first kappa shape index (κ1) is 15.6. The summed E-state index contributed by atoms with van der Waals surface area (Å²) in [7, 11) is 3.15. The van der Waals surface area contributed by atoms with Gasteiger partial charge in [-0.1, -0.05) is 0 Å². The van der Waals surface area contributed by atoms with Crippen molar-refractivity contribution in [1.29, 1.82) is 0 Å². The predicted molar refractivity (Wildman–Crippen MR) is 86.5 cm³/mol. The molecule has 1 aliphatic heterocycles. The van der Waals surface area contributed by atoms with E-state index in [-0.39, 0.29) is 18.4 Å². The molecule has 0 fully saturated rings. The van der Waals surface area contributed by atoms with Crippen LogP contribution in [0.5, 0.6) is 11.5 Å². The van der Waals surface area contributed by atoms with Crippen molar-refractivity contribution < 1.29 is 24.2 Å². The predicted octanol–water partition coefficient (Wildman–Crippen LogP) is 2.74. The van der Waals surface area contributed by atoms with E-state index in [1.54, 1.807) is 26.0 Å². The zero-order valence-electron chi connectivity index (χ0n) is 13.1. The lowest BCUT2D eigenvalue weighted by atomic mass is 10.1. The molecule has 1 aliphatic rings. The van der Waals surface area contributed by atoms with Crippen LogP contribution in [-0.4, -0.2) is 42.1 Å². The maximum absolute atomic E-state index is 12.6. The van der Waals surface area contributed by atoms with Crippen molar-refractivity contribution >= 4 is 33.3 Å². The normalized spacial score (nSPS) is 14.9. The molecule has 7 heteroatoms. The van der Waals surface area contributed by atoms with Gasteiger partial charge in [-0.25, -0.2) is 0 Å². The minimum absolute atomic E-state index is 0.0598. The lowest BCUT2D eigenvalue weighted by Gasteiger charge is -2.22. The Morgan fingerprint density at radius 2 is 2.00 bits per heavy atom. The summed E-state index contributed by atoms with van der Waals surface area (Å²) in [6.07, 6.45) is -0.0598. The molecule has 1 N–H and O–H groups in total. The van der Waals surface area contributed by atoms with E-state index in [0.717, 1.165) is 15.6 Å². The van der Waals surface area contributed by atoms with Crippen molar-refractivity contribution in [2.24, 2.45) is 0 Å². The van der Waals surface area contributed by atoms with Crippen LogP contribution in [-0.2, 0) is 11.3 Å². The smallest absolute Gasteiger partial charge is 0.305 e. The molecule has 0 spiro atoms. The number of benzene rings is 1. The molecule has 0 saturated heterocycles. The van der Waals surface area contributed by atoms with Crippen LogP contribution in [0.15, 0.2) is 12.1 Å². The molecule has 23 heavy (non-hydrogen) atoms. The minimum Gasteiger partial charge on any atom is -0.493 e. The highest BCUT2D eigenvalue weighted by atomic mass is 32.1. The maximum atomic E-state index is 12.6. The third kappa shape index (κ3) is 2.50. The Bertz CT molecular complexity index is 797. The molecule has 0 unspecified atom stereocenters. The van der Waals surface area contributed by atoms with Crippen LogP contribution in [0.2, 0.25) is 0 Å². The van der Waals surface area contributed by atoms with Crippen molar-refractivity contribution in [2.75, 3.05) is 14.2 Å². The Balaban J connectivity index is 2.02. The second kappa shape index (κ2) is 5.73. The number of aliphatic carboxylic acids is 1. The maximum Gasteiger partial charge on any atom is 0.305 e. The fraction of sp³-hybridized carbons (Fsp3) is 0.375. The first-order valence-electron chi connectivity index (χ1n) is 7.16. The Morgan fingerprint density at radius 3 is 2.61 bits per heavy atom. The van der Waals surface area contributed by atoms with E-state index in [2.05, 4.69) is 0 Å². The Labute approximate surface area is 137 Å². The summed E-state index contributed by atoms with van der Waals surface area (Å²) in [5, 5.41) is 9.89. The summed E-state index contributed by atoms with van der Waals surface area (Å²) >= 11 is 1.41. The van der Waals surface area contributed by atoms with Gasteiger partial charge in [-0.15, -0.1) is 11.3 Å². The molecule has 0 radical (unpaired) electrons. The highest BCUT2D eigenvalue weighted by Crippen LogP contribution is 2.43. The number of nitrogens with zero attached hydrogens (tertiary/aromatic N) is 1. The van der Waals surface area contributed by atoms with E-state index in [9.17, 15) is 9.59 Å². The zero-order valence-corrected chi connectivity index (χ0v) is 13.9. The van der Waals surface area contributed by atoms with Crippen LogP contribution in [0.3, 0.4) is 0 Å². The number of carboxylic acids is 1. The summed E-state index contributed by atoms with van der Waals surface area (Å²) in [5.41, 5.74) is 0.938. The van der Waals surface area contributed by atoms with Gasteiger partial charge in [0, 0.05) is 34.3 Å². The van der Waals surface area contributed by atoms with Gasteiger partial charge < -0.3 is 19.5 Å².